The summed E-state index contributed by atoms with van der Waals surface area (Å²) in [7, 11) is -4.04. The Morgan fingerprint density at radius 3 is 2.44 bits per heavy atom. The fraction of sp³-hybridized carbons (Fsp3) is 0.227. The normalized spacial score (nSPS) is 19.2. The van der Waals surface area contributed by atoms with Crippen molar-refractivity contribution >= 4 is 76.4 Å². The molecule has 4 rings (SSSR count). The average molecular weight is 651 g/mol. The fourth-order valence-electron chi connectivity index (χ4n) is 3.49. The molecule has 1 aromatic heterocycles. The second-order valence-corrected chi connectivity index (χ2v) is 13.5. The van der Waals surface area contributed by atoms with E-state index in [1.54, 1.807) is 50.2 Å². The van der Waals surface area contributed by atoms with Crippen LogP contribution in [-0.2, 0) is 10.0 Å². The zero-order valence-electron chi connectivity index (χ0n) is 17.8. The number of aliphatic hydroxyl groups is 1. The van der Waals surface area contributed by atoms with Crippen molar-refractivity contribution in [2.45, 2.75) is 35.8 Å². The zero-order chi connectivity index (χ0) is 24.8. The van der Waals surface area contributed by atoms with Crippen LogP contribution in [-0.4, -0.2) is 31.1 Å². The van der Waals surface area contributed by atoms with Gasteiger partial charge in [0.25, 0.3) is 15.9 Å². The quantitative estimate of drug-likeness (QED) is 0.327. The van der Waals surface area contributed by atoms with Gasteiger partial charge in [0, 0.05) is 25.8 Å². The number of benzene rings is 2. The molecule has 0 saturated carbocycles. The van der Waals surface area contributed by atoms with Crippen LogP contribution in [0.25, 0.3) is 0 Å². The summed E-state index contributed by atoms with van der Waals surface area (Å²) in [6.07, 6.45) is -1.24. The SMILES string of the molecule is CC1(C)Oc2ccc(C(=O)Nc3ccc(Br)cc3)cc2[C@@H](NS(=O)(=O)c2cc(Br)c(Cl)s2)[C@@H]1O. The molecule has 0 aliphatic carbocycles. The van der Waals surface area contributed by atoms with Gasteiger partial charge in [0.1, 0.15) is 26.0 Å². The Labute approximate surface area is 222 Å². The van der Waals surface area contributed by atoms with Gasteiger partial charge in [0.15, 0.2) is 0 Å². The van der Waals surface area contributed by atoms with Crippen LogP contribution in [0.2, 0.25) is 4.34 Å². The topological polar surface area (TPSA) is 105 Å². The summed E-state index contributed by atoms with van der Waals surface area (Å²) in [5.41, 5.74) is 0.138. The number of carbonyl (C=O) groups is 1. The van der Waals surface area contributed by atoms with Crippen molar-refractivity contribution in [2.75, 3.05) is 5.32 Å². The summed E-state index contributed by atoms with van der Waals surface area (Å²) in [5, 5.41) is 13.8. The van der Waals surface area contributed by atoms with Gasteiger partial charge in [-0.15, -0.1) is 11.3 Å². The highest BCUT2D eigenvalue weighted by atomic mass is 79.9. The first-order valence-corrected chi connectivity index (χ1v) is 14.2. The van der Waals surface area contributed by atoms with Crippen LogP contribution < -0.4 is 14.8 Å². The zero-order valence-corrected chi connectivity index (χ0v) is 23.4. The number of aliphatic hydroxyl groups excluding tert-OH is 1. The third-order valence-electron chi connectivity index (χ3n) is 5.28. The van der Waals surface area contributed by atoms with Crippen LogP contribution in [0.1, 0.15) is 35.8 Å². The lowest BCUT2D eigenvalue weighted by molar-refractivity contribution is -0.0603. The number of carbonyl (C=O) groups excluding carboxylic acids is 1. The first-order valence-electron chi connectivity index (χ1n) is 9.92. The predicted molar refractivity (Wildman–Crippen MR) is 139 cm³/mol. The van der Waals surface area contributed by atoms with E-state index in [9.17, 15) is 18.3 Å². The number of anilines is 1. The Bertz CT molecular complexity index is 1340. The van der Waals surface area contributed by atoms with Gasteiger partial charge < -0.3 is 15.2 Å². The first-order chi connectivity index (χ1) is 15.9. The number of fused-ring (bicyclic) bond motifs is 1. The van der Waals surface area contributed by atoms with Crippen LogP contribution >= 0.6 is 54.8 Å². The Morgan fingerprint density at radius 2 is 1.82 bits per heavy atom. The maximum absolute atomic E-state index is 13.1. The highest BCUT2D eigenvalue weighted by molar-refractivity contribution is 9.10. The van der Waals surface area contributed by atoms with Crippen LogP contribution in [0.5, 0.6) is 5.75 Å². The van der Waals surface area contributed by atoms with E-state index < -0.39 is 27.8 Å². The lowest BCUT2D eigenvalue weighted by Crippen LogP contribution is -2.53. The van der Waals surface area contributed by atoms with E-state index in [0.717, 1.165) is 15.8 Å². The Balaban J connectivity index is 1.69. The number of halogens is 3. The third kappa shape index (κ3) is 5.20. The molecule has 12 heteroatoms. The number of thiophene rings is 1. The number of sulfonamides is 1. The highest BCUT2D eigenvalue weighted by Gasteiger charge is 2.45. The maximum atomic E-state index is 13.1. The fourth-order valence-corrected chi connectivity index (χ4v) is 7.29. The van der Waals surface area contributed by atoms with Gasteiger partial charge in [-0.25, -0.2) is 13.1 Å². The van der Waals surface area contributed by atoms with Crippen molar-refractivity contribution in [1.82, 2.24) is 4.72 Å². The molecular formula is C22H19Br2ClN2O5S2. The summed E-state index contributed by atoms with van der Waals surface area (Å²) in [6.45, 7) is 3.32. The predicted octanol–water partition coefficient (Wildman–Crippen LogP) is 5.73. The van der Waals surface area contributed by atoms with E-state index >= 15 is 0 Å². The smallest absolute Gasteiger partial charge is 0.255 e. The molecule has 0 radical (unpaired) electrons. The van der Waals surface area contributed by atoms with E-state index in [1.165, 1.54) is 12.1 Å². The van der Waals surface area contributed by atoms with Crippen LogP contribution in [0.3, 0.4) is 0 Å². The summed E-state index contributed by atoms with van der Waals surface area (Å²) in [4.78, 5) is 12.9. The van der Waals surface area contributed by atoms with Crippen molar-refractivity contribution in [3.8, 4) is 5.75 Å². The van der Waals surface area contributed by atoms with Crippen molar-refractivity contribution in [3.63, 3.8) is 0 Å². The minimum absolute atomic E-state index is 0.00782. The maximum Gasteiger partial charge on any atom is 0.255 e. The number of amides is 1. The molecule has 7 nitrogen and oxygen atoms in total. The molecule has 3 N–H and O–H groups in total. The van der Waals surface area contributed by atoms with Crippen LogP contribution in [0, 0.1) is 0 Å². The second kappa shape index (κ2) is 9.53. The summed E-state index contributed by atoms with van der Waals surface area (Å²) >= 11 is 13.5. The lowest BCUT2D eigenvalue weighted by atomic mass is 9.86. The molecule has 3 aromatic rings. The van der Waals surface area contributed by atoms with Gasteiger partial charge in [0.2, 0.25) is 0 Å². The standard InChI is InChI=1S/C22H19Br2ClN2O5S2/c1-22(2)19(28)18(27-34(30,31)17-10-15(24)20(25)33-17)14-9-11(3-8-16(14)32-22)21(29)26-13-6-4-12(23)5-7-13/h3-10,18-19,27-28H,1-2H3,(H,26,29)/t18-,19+/m1/s1. The van der Waals surface area contributed by atoms with Crippen molar-refractivity contribution in [2.24, 2.45) is 0 Å². The molecule has 0 fully saturated rings. The molecule has 2 heterocycles. The minimum Gasteiger partial charge on any atom is -0.485 e. The van der Waals surface area contributed by atoms with Crippen LogP contribution in [0.4, 0.5) is 5.69 Å². The molecule has 1 amide bonds. The largest absolute Gasteiger partial charge is 0.485 e. The molecule has 0 spiro atoms. The summed E-state index contributed by atoms with van der Waals surface area (Å²) in [6, 6.07) is 12.1. The molecule has 180 valence electrons. The number of hydrogen-bond donors (Lipinski definition) is 3. The summed E-state index contributed by atoms with van der Waals surface area (Å²) in [5.74, 6) is -0.0198. The average Bonchev–Trinajstić information content (AvgIpc) is 3.12. The Morgan fingerprint density at radius 1 is 1.15 bits per heavy atom. The molecule has 2 atom stereocenters. The van der Waals surface area contributed by atoms with Crippen LogP contribution in [0.15, 0.2) is 61.7 Å². The van der Waals surface area contributed by atoms with Gasteiger partial charge in [-0.1, -0.05) is 27.5 Å². The number of rotatable bonds is 5. The number of nitrogens with one attached hydrogen (secondary N) is 2. The molecule has 0 unspecified atom stereocenters. The lowest BCUT2D eigenvalue weighted by Gasteiger charge is -2.42. The molecule has 2 aromatic carbocycles. The van der Waals surface area contributed by atoms with Gasteiger partial charge in [-0.05, 0) is 78.3 Å². The number of hydrogen-bond acceptors (Lipinski definition) is 6. The Hall–Kier alpha value is -1.47. The first kappa shape index (κ1) is 25.6. The van der Waals surface area contributed by atoms with Crippen molar-refractivity contribution in [1.29, 1.82) is 0 Å². The minimum atomic E-state index is -4.04. The molecular weight excluding hydrogens is 632 g/mol. The van der Waals surface area contributed by atoms with E-state index in [0.29, 0.717) is 25.8 Å². The molecule has 0 bridgehead atoms. The van der Waals surface area contributed by atoms with E-state index in [-0.39, 0.29) is 15.7 Å². The van der Waals surface area contributed by atoms with E-state index in [1.807, 2.05) is 0 Å². The van der Waals surface area contributed by atoms with Crippen molar-refractivity contribution < 1.29 is 23.1 Å². The van der Waals surface area contributed by atoms with Gasteiger partial charge in [0.05, 0.1) is 6.04 Å². The molecule has 1 aliphatic heterocycles. The van der Waals surface area contributed by atoms with Gasteiger partial charge in [-0.2, -0.15) is 0 Å². The molecule has 1 aliphatic rings. The molecule has 0 saturated heterocycles. The highest BCUT2D eigenvalue weighted by Crippen LogP contribution is 2.42. The third-order valence-corrected chi connectivity index (χ3v) is 10.2. The Kier molecular flexibility index (Phi) is 7.18. The monoisotopic (exact) mass is 648 g/mol. The van der Waals surface area contributed by atoms with Gasteiger partial charge >= 0.3 is 0 Å². The van der Waals surface area contributed by atoms with Crippen molar-refractivity contribution in [3.05, 3.63) is 72.9 Å². The summed E-state index contributed by atoms with van der Waals surface area (Å²) < 4.78 is 36.3. The van der Waals surface area contributed by atoms with Gasteiger partial charge in [-0.3, -0.25) is 4.79 Å². The number of ether oxygens (including phenoxy) is 1. The van der Waals surface area contributed by atoms with E-state index in [2.05, 4.69) is 41.9 Å². The molecule has 34 heavy (non-hydrogen) atoms. The van der Waals surface area contributed by atoms with E-state index in [4.69, 9.17) is 16.3 Å². The second-order valence-electron chi connectivity index (χ2n) is 8.15.